The van der Waals surface area contributed by atoms with Crippen molar-refractivity contribution in [1.82, 2.24) is 4.98 Å². The van der Waals surface area contributed by atoms with E-state index in [0.29, 0.717) is 0 Å². The molecule has 0 fully saturated rings. The van der Waals surface area contributed by atoms with Crippen LogP contribution in [0.15, 0.2) is 167 Å². The van der Waals surface area contributed by atoms with Crippen molar-refractivity contribution in [2.75, 3.05) is 4.90 Å². The Labute approximate surface area is 279 Å². The summed E-state index contributed by atoms with van der Waals surface area (Å²) in [6.45, 7) is 0. The number of aromatic nitrogens is 1. The first kappa shape index (κ1) is 27.0. The van der Waals surface area contributed by atoms with Gasteiger partial charge in [-0.2, -0.15) is 0 Å². The Morgan fingerprint density at radius 3 is 1.96 bits per heavy atom. The quantitative estimate of drug-likeness (QED) is 0.189. The summed E-state index contributed by atoms with van der Waals surface area (Å²) >= 11 is 1.71. The number of fused-ring (bicyclic) bond motifs is 8. The Morgan fingerprint density at radius 1 is 0.438 bits per heavy atom. The van der Waals surface area contributed by atoms with Crippen LogP contribution < -0.4 is 4.90 Å². The first-order valence-corrected chi connectivity index (χ1v) is 16.8. The number of hydrogen-bond donors (Lipinski definition) is 0. The van der Waals surface area contributed by atoms with Gasteiger partial charge in [-0.25, -0.2) is 4.98 Å². The van der Waals surface area contributed by atoms with Gasteiger partial charge >= 0.3 is 0 Å². The summed E-state index contributed by atoms with van der Waals surface area (Å²) in [6.07, 6.45) is 0. The van der Waals surface area contributed by atoms with Gasteiger partial charge in [-0.3, -0.25) is 0 Å². The van der Waals surface area contributed by atoms with Crippen molar-refractivity contribution < 1.29 is 8.83 Å². The first-order chi connectivity index (χ1) is 23.8. The van der Waals surface area contributed by atoms with Gasteiger partial charge in [-0.05, 0) is 71.8 Å². The first-order valence-electron chi connectivity index (χ1n) is 15.9. The molecule has 0 aliphatic carbocycles. The molecule has 48 heavy (non-hydrogen) atoms. The van der Waals surface area contributed by atoms with Gasteiger partial charge in [0.05, 0.1) is 10.2 Å². The van der Waals surface area contributed by atoms with E-state index in [1.54, 1.807) is 11.3 Å². The van der Waals surface area contributed by atoms with Crippen LogP contribution >= 0.6 is 11.3 Å². The molecular weight excluding hydrogens is 609 g/mol. The van der Waals surface area contributed by atoms with Gasteiger partial charge in [0.1, 0.15) is 27.3 Å². The summed E-state index contributed by atoms with van der Waals surface area (Å²) in [5.41, 5.74) is 10.9. The molecule has 10 aromatic rings. The van der Waals surface area contributed by atoms with Gasteiger partial charge in [0.2, 0.25) is 0 Å². The zero-order valence-corrected chi connectivity index (χ0v) is 26.4. The third-order valence-corrected chi connectivity index (χ3v) is 10.2. The van der Waals surface area contributed by atoms with Gasteiger partial charge in [0.15, 0.2) is 0 Å². The van der Waals surface area contributed by atoms with Crippen LogP contribution in [-0.4, -0.2) is 4.98 Å². The molecule has 5 heteroatoms. The number of nitrogens with zero attached hydrogens (tertiary/aromatic N) is 2. The van der Waals surface area contributed by atoms with E-state index in [1.165, 1.54) is 5.56 Å². The highest BCUT2D eigenvalue weighted by molar-refractivity contribution is 7.22. The van der Waals surface area contributed by atoms with Crippen LogP contribution in [0.25, 0.3) is 75.8 Å². The normalized spacial score (nSPS) is 11.8. The van der Waals surface area contributed by atoms with E-state index < -0.39 is 0 Å². The summed E-state index contributed by atoms with van der Waals surface area (Å²) in [6, 6.07) is 54.9. The third kappa shape index (κ3) is 4.33. The highest BCUT2D eigenvalue weighted by atomic mass is 32.1. The van der Waals surface area contributed by atoms with E-state index in [-0.39, 0.29) is 0 Å². The van der Waals surface area contributed by atoms with Crippen LogP contribution in [0.5, 0.6) is 0 Å². The number of para-hydroxylation sites is 1. The average Bonchev–Trinajstić information content (AvgIpc) is 3.85. The predicted octanol–water partition coefficient (Wildman–Crippen LogP) is 12.9. The number of thiazole rings is 1. The summed E-state index contributed by atoms with van der Waals surface area (Å²) in [5, 5.41) is 5.37. The maximum Gasteiger partial charge on any atom is 0.137 e. The Morgan fingerprint density at radius 2 is 1.08 bits per heavy atom. The van der Waals surface area contributed by atoms with Crippen molar-refractivity contribution in [2.45, 2.75) is 0 Å². The van der Waals surface area contributed by atoms with Crippen LogP contribution in [0.3, 0.4) is 0 Å². The fourth-order valence-corrected chi connectivity index (χ4v) is 7.96. The lowest BCUT2D eigenvalue weighted by molar-refractivity contribution is 0.668. The molecule has 226 valence electrons. The summed E-state index contributed by atoms with van der Waals surface area (Å²) in [4.78, 5) is 7.32. The summed E-state index contributed by atoms with van der Waals surface area (Å²) in [5.74, 6) is 0. The minimum absolute atomic E-state index is 0.849. The number of benzene rings is 7. The smallest absolute Gasteiger partial charge is 0.137 e. The molecule has 0 bridgehead atoms. The topological polar surface area (TPSA) is 42.4 Å². The van der Waals surface area contributed by atoms with E-state index in [0.717, 1.165) is 87.3 Å². The van der Waals surface area contributed by atoms with Crippen molar-refractivity contribution in [3.63, 3.8) is 0 Å². The van der Waals surface area contributed by atoms with Crippen molar-refractivity contribution in [1.29, 1.82) is 0 Å². The summed E-state index contributed by atoms with van der Waals surface area (Å²) < 4.78 is 13.9. The zero-order valence-electron chi connectivity index (χ0n) is 25.6. The zero-order chi connectivity index (χ0) is 31.6. The molecule has 0 unspecified atom stereocenters. The Hall–Kier alpha value is -6.17. The van der Waals surface area contributed by atoms with E-state index >= 15 is 0 Å². The molecule has 3 aromatic heterocycles. The van der Waals surface area contributed by atoms with Crippen LogP contribution in [0.2, 0.25) is 0 Å². The van der Waals surface area contributed by atoms with Gasteiger partial charge < -0.3 is 13.7 Å². The molecular formula is C43H26N2O2S. The maximum absolute atomic E-state index is 6.44. The standard InChI is InChI=1S/C43H26N2O2S/c1-3-10-27(11-4-1)29-14-9-15-30(24-29)45(32-18-20-34-33-16-7-8-17-37(33)47-40(34)26-32)31-19-22-38-35(25-31)41-39(46-38)23-21-36-42(41)48-43(44-36)28-12-5-2-6-13-28/h1-26H. The van der Waals surface area contributed by atoms with Gasteiger partial charge in [-0.15, -0.1) is 11.3 Å². The molecule has 7 aromatic carbocycles. The minimum atomic E-state index is 0.849. The van der Waals surface area contributed by atoms with Gasteiger partial charge in [0, 0.05) is 50.2 Å². The predicted molar refractivity (Wildman–Crippen MR) is 200 cm³/mol. The van der Waals surface area contributed by atoms with Gasteiger partial charge in [0.25, 0.3) is 0 Å². The monoisotopic (exact) mass is 634 g/mol. The molecule has 3 heterocycles. The fraction of sp³-hybridized carbons (Fsp3) is 0. The van der Waals surface area contributed by atoms with Crippen molar-refractivity contribution >= 4 is 82.5 Å². The average molecular weight is 635 g/mol. The Kier molecular flexibility index (Phi) is 6.01. The molecule has 0 spiro atoms. The summed E-state index contributed by atoms with van der Waals surface area (Å²) in [7, 11) is 0. The third-order valence-electron chi connectivity index (χ3n) is 9.08. The molecule has 0 amide bonds. The maximum atomic E-state index is 6.44. The van der Waals surface area contributed by atoms with Crippen LogP contribution in [-0.2, 0) is 0 Å². The molecule has 0 atom stereocenters. The highest BCUT2D eigenvalue weighted by Gasteiger charge is 2.20. The van der Waals surface area contributed by atoms with Crippen LogP contribution in [0.4, 0.5) is 17.1 Å². The Balaban J connectivity index is 1.19. The highest BCUT2D eigenvalue weighted by Crippen LogP contribution is 2.44. The van der Waals surface area contributed by atoms with E-state index in [9.17, 15) is 0 Å². The van der Waals surface area contributed by atoms with Crippen molar-refractivity contribution in [3.8, 4) is 21.7 Å². The van der Waals surface area contributed by atoms with Crippen LogP contribution in [0.1, 0.15) is 0 Å². The number of hydrogen-bond acceptors (Lipinski definition) is 5. The lowest BCUT2D eigenvalue weighted by Gasteiger charge is -2.26. The molecule has 0 aliphatic heterocycles. The largest absolute Gasteiger partial charge is 0.456 e. The second-order valence-corrected chi connectivity index (χ2v) is 13.0. The Bertz CT molecular complexity index is 2790. The van der Waals surface area contributed by atoms with E-state index in [1.807, 2.05) is 24.3 Å². The second-order valence-electron chi connectivity index (χ2n) is 12.0. The lowest BCUT2D eigenvalue weighted by atomic mass is 10.0. The van der Waals surface area contributed by atoms with E-state index in [4.69, 9.17) is 13.8 Å². The number of furan rings is 2. The van der Waals surface area contributed by atoms with E-state index in [2.05, 4.69) is 138 Å². The lowest BCUT2D eigenvalue weighted by Crippen LogP contribution is -2.09. The van der Waals surface area contributed by atoms with Crippen molar-refractivity contribution in [3.05, 3.63) is 158 Å². The minimum Gasteiger partial charge on any atom is -0.456 e. The molecule has 0 aliphatic rings. The molecule has 0 N–H and O–H groups in total. The van der Waals surface area contributed by atoms with Gasteiger partial charge in [-0.1, -0.05) is 91.0 Å². The molecule has 10 rings (SSSR count). The van der Waals surface area contributed by atoms with Crippen LogP contribution in [0, 0.1) is 0 Å². The molecule has 0 saturated heterocycles. The molecule has 0 radical (unpaired) electrons. The number of anilines is 3. The molecule has 0 saturated carbocycles. The molecule has 4 nitrogen and oxygen atoms in total. The second kappa shape index (κ2) is 10.7. The number of rotatable bonds is 5. The SMILES string of the molecule is c1ccc(-c2cccc(N(c3ccc4c(c3)oc3ccccc34)c3ccc4oc5ccc6nc(-c7ccccc7)sc6c5c4c3)c2)cc1. The van der Waals surface area contributed by atoms with Crippen molar-refractivity contribution in [2.24, 2.45) is 0 Å². The fourth-order valence-electron chi connectivity index (χ4n) is 6.83.